The van der Waals surface area contributed by atoms with Gasteiger partial charge in [0, 0.05) is 5.92 Å². The highest BCUT2D eigenvalue weighted by Crippen LogP contribution is 2.35. The molecule has 1 atom stereocenters. The second-order valence-electron chi connectivity index (χ2n) is 3.71. The summed E-state index contributed by atoms with van der Waals surface area (Å²) in [5.74, 6) is -0.701. The molecule has 0 heterocycles. The highest BCUT2D eigenvalue weighted by Gasteiger charge is 2.22. The number of carbonyl (C=O) groups is 1. The van der Waals surface area contributed by atoms with Crippen LogP contribution in [-0.4, -0.2) is 21.7 Å². The summed E-state index contributed by atoms with van der Waals surface area (Å²) in [6.07, 6.45) is 1.79. The SMILES string of the molecule is CC(C)=CCC(C)C(=O)CP(=O)(O)O. The Morgan fingerprint density at radius 2 is 1.93 bits per heavy atom. The van der Waals surface area contributed by atoms with E-state index in [-0.39, 0.29) is 11.7 Å². The van der Waals surface area contributed by atoms with Gasteiger partial charge in [0.25, 0.3) is 0 Å². The van der Waals surface area contributed by atoms with Gasteiger partial charge in [-0.3, -0.25) is 9.36 Å². The van der Waals surface area contributed by atoms with E-state index in [9.17, 15) is 9.36 Å². The molecule has 0 aromatic heterocycles. The molecule has 5 heteroatoms. The quantitative estimate of drug-likeness (QED) is 0.546. The maximum atomic E-state index is 11.2. The molecular weight excluding hydrogens is 203 g/mol. The molecule has 0 aliphatic rings. The average molecular weight is 220 g/mol. The second-order valence-corrected chi connectivity index (χ2v) is 5.35. The van der Waals surface area contributed by atoms with Crippen LogP contribution >= 0.6 is 7.60 Å². The minimum Gasteiger partial charge on any atom is -0.324 e. The fourth-order valence-electron chi connectivity index (χ4n) is 0.903. The highest BCUT2D eigenvalue weighted by atomic mass is 31.2. The van der Waals surface area contributed by atoms with Crippen LogP contribution in [0, 0.1) is 5.92 Å². The Morgan fingerprint density at radius 1 is 1.43 bits per heavy atom. The molecule has 14 heavy (non-hydrogen) atoms. The molecule has 0 amide bonds. The molecule has 4 nitrogen and oxygen atoms in total. The van der Waals surface area contributed by atoms with Gasteiger partial charge in [-0.15, -0.1) is 0 Å². The molecule has 82 valence electrons. The third-order valence-electron chi connectivity index (χ3n) is 1.79. The molecule has 0 aliphatic heterocycles. The summed E-state index contributed by atoms with van der Waals surface area (Å²) in [7, 11) is -4.19. The monoisotopic (exact) mass is 220 g/mol. The third kappa shape index (κ3) is 7.01. The predicted octanol–water partition coefficient (Wildman–Crippen LogP) is 1.73. The standard InChI is InChI=1S/C9H17O4P/c1-7(2)4-5-8(3)9(10)6-14(11,12)13/h4,8H,5-6H2,1-3H3,(H2,11,12,13). The number of hydrogen-bond donors (Lipinski definition) is 2. The van der Waals surface area contributed by atoms with Crippen molar-refractivity contribution in [3.05, 3.63) is 11.6 Å². The lowest BCUT2D eigenvalue weighted by Crippen LogP contribution is -2.14. The number of rotatable bonds is 5. The zero-order valence-corrected chi connectivity index (χ0v) is 9.62. The van der Waals surface area contributed by atoms with Gasteiger partial charge in [-0.2, -0.15) is 0 Å². The van der Waals surface area contributed by atoms with Crippen molar-refractivity contribution in [1.29, 1.82) is 0 Å². The Morgan fingerprint density at radius 3 is 2.29 bits per heavy atom. The number of Topliss-reactive ketones (excluding diaryl/α,β-unsaturated/α-hetero) is 1. The molecule has 0 fully saturated rings. The van der Waals surface area contributed by atoms with Crippen molar-refractivity contribution < 1.29 is 19.1 Å². The summed E-state index contributed by atoms with van der Waals surface area (Å²) < 4.78 is 10.5. The number of allylic oxidation sites excluding steroid dienone is 2. The first-order valence-corrected chi connectivity index (χ1v) is 6.23. The van der Waals surface area contributed by atoms with E-state index < -0.39 is 13.8 Å². The Kier molecular flexibility index (Phi) is 5.27. The highest BCUT2D eigenvalue weighted by molar-refractivity contribution is 7.52. The maximum Gasteiger partial charge on any atom is 0.332 e. The van der Waals surface area contributed by atoms with Crippen LogP contribution in [0.25, 0.3) is 0 Å². The van der Waals surface area contributed by atoms with Crippen LogP contribution in [0.3, 0.4) is 0 Å². The first-order valence-electron chi connectivity index (χ1n) is 4.43. The Balaban J connectivity index is 4.14. The van der Waals surface area contributed by atoms with Crippen LogP contribution in [0.5, 0.6) is 0 Å². The van der Waals surface area contributed by atoms with Crippen LogP contribution in [0.15, 0.2) is 11.6 Å². The molecule has 0 saturated carbocycles. The van der Waals surface area contributed by atoms with Crippen molar-refractivity contribution in [2.24, 2.45) is 5.92 Å². The van der Waals surface area contributed by atoms with Crippen LogP contribution in [-0.2, 0) is 9.36 Å². The van der Waals surface area contributed by atoms with Gasteiger partial charge >= 0.3 is 7.60 Å². The number of hydrogen-bond acceptors (Lipinski definition) is 2. The lowest BCUT2D eigenvalue weighted by atomic mass is 10.0. The fourth-order valence-corrected chi connectivity index (χ4v) is 1.62. The minimum atomic E-state index is -4.19. The van der Waals surface area contributed by atoms with Crippen molar-refractivity contribution in [3.8, 4) is 0 Å². The molecule has 0 aromatic carbocycles. The smallest absolute Gasteiger partial charge is 0.324 e. The summed E-state index contributed by atoms with van der Waals surface area (Å²) in [5.41, 5.74) is 1.10. The molecule has 0 rings (SSSR count). The predicted molar refractivity (Wildman–Crippen MR) is 55.1 cm³/mol. The van der Waals surface area contributed by atoms with Gasteiger partial charge in [0.15, 0.2) is 0 Å². The number of carbonyl (C=O) groups excluding carboxylic acids is 1. The number of ketones is 1. The summed E-state index contributed by atoms with van der Waals surface area (Å²) in [4.78, 5) is 28.4. The molecule has 0 radical (unpaired) electrons. The molecule has 0 saturated heterocycles. The van der Waals surface area contributed by atoms with Crippen LogP contribution < -0.4 is 0 Å². The van der Waals surface area contributed by atoms with E-state index >= 15 is 0 Å². The normalized spacial score (nSPS) is 13.5. The molecule has 0 spiro atoms. The summed E-state index contributed by atoms with van der Waals surface area (Å²) in [6.45, 7) is 5.51. The molecule has 1 unspecified atom stereocenters. The van der Waals surface area contributed by atoms with Gasteiger partial charge in [0.05, 0.1) is 0 Å². The van der Waals surface area contributed by atoms with E-state index in [1.807, 2.05) is 19.9 Å². The Labute approximate surface area is 84.2 Å². The Hall–Kier alpha value is -0.440. The van der Waals surface area contributed by atoms with Crippen molar-refractivity contribution in [2.45, 2.75) is 27.2 Å². The van der Waals surface area contributed by atoms with Crippen LogP contribution in [0.1, 0.15) is 27.2 Å². The lowest BCUT2D eigenvalue weighted by Gasteiger charge is -2.08. The molecule has 0 aromatic rings. The largest absolute Gasteiger partial charge is 0.332 e. The third-order valence-corrected chi connectivity index (χ3v) is 2.51. The zero-order valence-electron chi connectivity index (χ0n) is 8.73. The first kappa shape index (κ1) is 13.6. The van der Waals surface area contributed by atoms with Crippen molar-refractivity contribution in [1.82, 2.24) is 0 Å². The minimum absolute atomic E-state index is 0.322. The van der Waals surface area contributed by atoms with E-state index in [1.54, 1.807) is 6.92 Å². The topological polar surface area (TPSA) is 74.6 Å². The van der Waals surface area contributed by atoms with E-state index in [1.165, 1.54) is 0 Å². The zero-order chi connectivity index (χ0) is 11.4. The molecule has 0 bridgehead atoms. The second kappa shape index (κ2) is 5.44. The van der Waals surface area contributed by atoms with Gasteiger partial charge in [-0.05, 0) is 20.3 Å². The maximum absolute atomic E-state index is 11.2. The van der Waals surface area contributed by atoms with E-state index in [0.29, 0.717) is 6.42 Å². The molecule has 2 N–H and O–H groups in total. The van der Waals surface area contributed by atoms with Gasteiger partial charge in [-0.1, -0.05) is 18.6 Å². The van der Waals surface area contributed by atoms with Gasteiger partial charge in [-0.25, -0.2) is 0 Å². The first-order chi connectivity index (χ1) is 6.22. The lowest BCUT2D eigenvalue weighted by molar-refractivity contribution is -0.120. The van der Waals surface area contributed by atoms with Crippen LogP contribution in [0.2, 0.25) is 0 Å². The van der Waals surface area contributed by atoms with Crippen molar-refractivity contribution in [3.63, 3.8) is 0 Å². The summed E-state index contributed by atoms with van der Waals surface area (Å²) >= 11 is 0. The van der Waals surface area contributed by atoms with E-state index in [2.05, 4.69) is 0 Å². The van der Waals surface area contributed by atoms with Crippen molar-refractivity contribution in [2.75, 3.05) is 6.16 Å². The fraction of sp³-hybridized carbons (Fsp3) is 0.667. The van der Waals surface area contributed by atoms with Gasteiger partial charge in [0.2, 0.25) is 0 Å². The summed E-state index contributed by atoms with van der Waals surface area (Å²) in [5, 5.41) is 0. The molecule has 0 aliphatic carbocycles. The van der Waals surface area contributed by atoms with Crippen LogP contribution in [0.4, 0.5) is 0 Å². The van der Waals surface area contributed by atoms with Gasteiger partial charge in [0.1, 0.15) is 11.9 Å². The van der Waals surface area contributed by atoms with E-state index in [4.69, 9.17) is 9.79 Å². The summed E-state index contributed by atoms with van der Waals surface area (Å²) in [6, 6.07) is 0. The van der Waals surface area contributed by atoms with Crippen molar-refractivity contribution >= 4 is 13.4 Å². The average Bonchev–Trinajstić information content (AvgIpc) is 1.96. The molecular formula is C9H17O4P. The Bertz CT molecular complexity index is 273. The van der Waals surface area contributed by atoms with E-state index in [0.717, 1.165) is 5.57 Å². The van der Waals surface area contributed by atoms with Gasteiger partial charge < -0.3 is 9.79 Å².